The first-order chi connectivity index (χ1) is 12.9. The molecule has 0 saturated carbocycles. The number of hydrogen-bond acceptors (Lipinski definition) is 4. The Labute approximate surface area is 167 Å². The number of aryl methyl sites for hydroxylation is 1. The summed E-state index contributed by atoms with van der Waals surface area (Å²) in [6.45, 7) is 4.39. The van der Waals surface area contributed by atoms with Gasteiger partial charge in [0.25, 0.3) is 5.91 Å². The van der Waals surface area contributed by atoms with E-state index in [9.17, 15) is 9.59 Å². The number of nitrogens with zero attached hydrogens (tertiary/aromatic N) is 2. The van der Waals surface area contributed by atoms with Gasteiger partial charge in [-0.2, -0.15) is 0 Å². The van der Waals surface area contributed by atoms with E-state index in [0.717, 1.165) is 22.6 Å². The molecule has 2 aromatic rings. The van der Waals surface area contributed by atoms with Gasteiger partial charge in [0.15, 0.2) is 0 Å². The van der Waals surface area contributed by atoms with Gasteiger partial charge in [0, 0.05) is 30.0 Å². The minimum absolute atomic E-state index is 0.0222. The number of rotatable bonds is 6. The predicted octanol–water partition coefficient (Wildman–Crippen LogP) is 4.16. The Morgan fingerprint density at radius 2 is 1.96 bits per heavy atom. The standard InChI is InChI=1S/C20H20N2O3S2/c1-13-11-15(14(2)22(13)16-7-4-3-5-8-16)12-17-19(25)21(20(26)27-17)10-6-9-18(23)24/h3-5,7-8,11-12H,6,9-10H2,1-2H3,(H,23,24)/b17-12-. The van der Waals surface area contributed by atoms with E-state index >= 15 is 0 Å². The number of hydrogen-bond donors (Lipinski definition) is 1. The molecule has 0 atom stereocenters. The summed E-state index contributed by atoms with van der Waals surface area (Å²) < 4.78 is 2.63. The molecular weight excluding hydrogens is 380 g/mol. The van der Waals surface area contributed by atoms with E-state index in [0.29, 0.717) is 22.2 Å². The number of aliphatic carboxylic acids is 1. The van der Waals surface area contributed by atoms with E-state index in [4.69, 9.17) is 17.3 Å². The highest BCUT2D eigenvalue weighted by Gasteiger charge is 2.32. The Morgan fingerprint density at radius 3 is 2.63 bits per heavy atom. The quantitative estimate of drug-likeness (QED) is 0.583. The number of carbonyl (C=O) groups is 2. The zero-order valence-electron chi connectivity index (χ0n) is 15.1. The summed E-state index contributed by atoms with van der Waals surface area (Å²) in [7, 11) is 0. The van der Waals surface area contributed by atoms with Crippen molar-refractivity contribution in [3.63, 3.8) is 0 Å². The monoisotopic (exact) mass is 400 g/mol. The van der Waals surface area contributed by atoms with Crippen LogP contribution < -0.4 is 0 Å². The summed E-state index contributed by atoms with van der Waals surface area (Å²) in [4.78, 5) is 25.4. The number of aromatic nitrogens is 1. The van der Waals surface area contributed by atoms with Gasteiger partial charge in [0.1, 0.15) is 4.32 Å². The number of thiocarbonyl (C=S) groups is 1. The molecule has 5 nitrogen and oxygen atoms in total. The molecule has 1 aliphatic heterocycles. The highest BCUT2D eigenvalue weighted by molar-refractivity contribution is 8.26. The predicted molar refractivity (Wildman–Crippen MR) is 112 cm³/mol. The molecule has 7 heteroatoms. The fourth-order valence-corrected chi connectivity index (χ4v) is 4.43. The largest absolute Gasteiger partial charge is 0.481 e. The Morgan fingerprint density at radius 1 is 1.26 bits per heavy atom. The average molecular weight is 401 g/mol. The second kappa shape index (κ2) is 8.10. The molecule has 0 radical (unpaired) electrons. The summed E-state index contributed by atoms with van der Waals surface area (Å²) in [6, 6.07) is 12.1. The Bertz CT molecular complexity index is 932. The lowest BCUT2D eigenvalue weighted by atomic mass is 10.2. The first kappa shape index (κ1) is 19.4. The third-order valence-corrected chi connectivity index (χ3v) is 5.80. The molecule has 3 rings (SSSR count). The fourth-order valence-electron chi connectivity index (χ4n) is 3.13. The van der Waals surface area contributed by atoms with Crippen LogP contribution >= 0.6 is 24.0 Å². The first-order valence-electron chi connectivity index (χ1n) is 8.60. The molecule has 1 N–H and O–H groups in total. The molecule has 27 heavy (non-hydrogen) atoms. The van der Waals surface area contributed by atoms with E-state index in [1.165, 1.54) is 16.7 Å². The molecule has 0 aliphatic carbocycles. The van der Waals surface area contributed by atoms with Crippen LogP contribution in [-0.2, 0) is 9.59 Å². The normalized spacial score (nSPS) is 15.8. The van der Waals surface area contributed by atoms with E-state index in [2.05, 4.69) is 10.6 Å². The summed E-state index contributed by atoms with van der Waals surface area (Å²) in [5.41, 5.74) is 4.19. The van der Waals surface area contributed by atoms with Crippen LogP contribution in [0.1, 0.15) is 29.8 Å². The van der Waals surface area contributed by atoms with Gasteiger partial charge in [-0.05, 0) is 50.1 Å². The van der Waals surface area contributed by atoms with Crippen molar-refractivity contribution >= 4 is 46.3 Å². The molecule has 2 heterocycles. The van der Waals surface area contributed by atoms with Crippen molar-refractivity contribution in [2.45, 2.75) is 26.7 Å². The minimum atomic E-state index is -0.871. The summed E-state index contributed by atoms with van der Waals surface area (Å²) in [5.74, 6) is -1.02. The van der Waals surface area contributed by atoms with Gasteiger partial charge in [-0.15, -0.1) is 0 Å². The zero-order valence-corrected chi connectivity index (χ0v) is 16.8. The van der Waals surface area contributed by atoms with Gasteiger partial charge in [0.2, 0.25) is 0 Å². The molecular formula is C20H20N2O3S2. The Kier molecular flexibility index (Phi) is 5.82. The van der Waals surface area contributed by atoms with Crippen molar-refractivity contribution in [1.82, 2.24) is 9.47 Å². The van der Waals surface area contributed by atoms with E-state index in [-0.39, 0.29) is 12.3 Å². The third-order valence-electron chi connectivity index (χ3n) is 4.42. The maximum Gasteiger partial charge on any atom is 0.303 e. The lowest BCUT2D eigenvalue weighted by Gasteiger charge is -2.13. The SMILES string of the molecule is Cc1cc(/C=C2\SC(=S)N(CCCC(=O)O)C2=O)c(C)n1-c1ccccc1. The molecule has 0 spiro atoms. The number of carbonyl (C=O) groups excluding carboxylic acids is 1. The molecule has 1 amide bonds. The van der Waals surface area contributed by atoms with Gasteiger partial charge in [-0.25, -0.2) is 0 Å². The number of thioether (sulfide) groups is 1. The van der Waals surface area contributed by atoms with Crippen molar-refractivity contribution in [2.24, 2.45) is 0 Å². The number of carboxylic acid groups (broad SMARTS) is 1. The number of carboxylic acids is 1. The molecule has 0 unspecified atom stereocenters. The number of amides is 1. The Hall–Kier alpha value is -2.38. The topological polar surface area (TPSA) is 62.5 Å². The van der Waals surface area contributed by atoms with Gasteiger partial charge in [0.05, 0.1) is 4.91 Å². The van der Waals surface area contributed by atoms with Crippen LogP contribution in [0.5, 0.6) is 0 Å². The van der Waals surface area contributed by atoms with Gasteiger partial charge >= 0.3 is 5.97 Å². The number of benzene rings is 1. The highest BCUT2D eigenvalue weighted by Crippen LogP contribution is 2.34. The molecule has 0 bridgehead atoms. The van der Waals surface area contributed by atoms with E-state index in [1.54, 1.807) is 0 Å². The van der Waals surface area contributed by atoms with Crippen LogP contribution in [0.4, 0.5) is 0 Å². The van der Waals surface area contributed by atoms with Crippen LogP contribution in [0.3, 0.4) is 0 Å². The van der Waals surface area contributed by atoms with Crippen molar-refractivity contribution in [1.29, 1.82) is 0 Å². The summed E-state index contributed by atoms with van der Waals surface area (Å²) >= 11 is 6.57. The molecule has 140 valence electrons. The smallest absolute Gasteiger partial charge is 0.303 e. The van der Waals surface area contributed by atoms with Crippen molar-refractivity contribution < 1.29 is 14.7 Å². The average Bonchev–Trinajstić information content (AvgIpc) is 3.05. The third kappa shape index (κ3) is 4.14. The lowest BCUT2D eigenvalue weighted by Crippen LogP contribution is -2.29. The van der Waals surface area contributed by atoms with Gasteiger partial charge in [-0.3, -0.25) is 14.5 Å². The fraction of sp³-hybridized carbons (Fsp3) is 0.250. The van der Waals surface area contributed by atoms with Gasteiger partial charge in [-0.1, -0.05) is 42.2 Å². The van der Waals surface area contributed by atoms with Crippen LogP contribution in [0.25, 0.3) is 11.8 Å². The summed E-state index contributed by atoms with van der Waals surface area (Å²) in [5, 5.41) is 8.76. The van der Waals surface area contributed by atoms with Crippen LogP contribution in [0, 0.1) is 13.8 Å². The molecule has 1 aromatic carbocycles. The zero-order chi connectivity index (χ0) is 19.6. The molecule has 1 aromatic heterocycles. The number of para-hydroxylation sites is 1. The van der Waals surface area contributed by atoms with Crippen LogP contribution in [0.2, 0.25) is 0 Å². The van der Waals surface area contributed by atoms with E-state index < -0.39 is 5.97 Å². The second-order valence-corrected chi connectivity index (χ2v) is 8.00. The van der Waals surface area contributed by atoms with Crippen LogP contribution in [0.15, 0.2) is 41.3 Å². The van der Waals surface area contributed by atoms with Gasteiger partial charge < -0.3 is 9.67 Å². The Balaban J connectivity index is 1.84. The highest BCUT2D eigenvalue weighted by atomic mass is 32.2. The van der Waals surface area contributed by atoms with E-state index in [1.807, 2.05) is 50.3 Å². The molecule has 1 saturated heterocycles. The van der Waals surface area contributed by atoms with Crippen molar-refractivity contribution in [3.8, 4) is 5.69 Å². The maximum atomic E-state index is 12.7. The first-order valence-corrected chi connectivity index (χ1v) is 9.82. The second-order valence-electron chi connectivity index (χ2n) is 6.33. The minimum Gasteiger partial charge on any atom is -0.481 e. The molecule has 1 aliphatic rings. The van der Waals surface area contributed by atoms with Crippen molar-refractivity contribution in [2.75, 3.05) is 6.54 Å². The van der Waals surface area contributed by atoms with Crippen LogP contribution in [-0.4, -0.2) is 37.3 Å². The summed E-state index contributed by atoms with van der Waals surface area (Å²) in [6.07, 6.45) is 2.28. The van der Waals surface area contributed by atoms with Crippen molar-refractivity contribution in [3.05, 3.63) is 58.3 Å². The lowest BCUT2D eigenvalue weighted by molar-refractivity contribution is -0.137. The maximum absolute atomic E-state index is 12.7. The molecule has 1 fully saturated rings.